The molecule has 3 nitrogen and oxygen atoms in total. The average molecular weight is 337 g/mol. The summed E-state index contributed by atoms with van der Waals surface area (Å²) >= 11 is 9.51. The zero-order chi connectivity index (χ0) is 14.7. The normalized spacial score (nSPS) is 10.8. The summed E-state index contributed by atoms with van der Waals surface area (Å²) in [6.45, 7) is 0.673. The summed E-state index contributed by atoms with van der Waals surface area (Å²) in [5.41, 5.74) is 1.67. The predicted molar refractivity (Wildman–Crippen MR) is 90.1 cm³/mol. The maximum atomic E-state index is 9.17. The Morgan fingerprint density at radius 3 is 2.95 bits per heavy atom. The van der Waals surface area contributed by atoms with Gasteiger partial charge >= 0.3 is 0 Å². The van der Waals surface area contributed by atoms with Crippen molar-refractivity contribution in [2.75, 3.05) is 5.32 Å². The number of hydrogen-bond donors (Lipinski definition) is 2. The van der Waals surface area contributed by atoms with Crippen LogP contribution in [0, 0.1) is 0 Å². The van der Waals surface area contributed by atoms with Gasteiger partial charge in [-0.15, -0.1) is 22.7 Å². The molecule has 0 aliphatic heterocycles. The Kier molecular flexibility index (Phi) is 4.55. The fourth-order valence-electron chi connectivity index (χ4n) is 1.89. The Hall–Kier alpha value is -1.40. The van der Waals surface area contributed by atoms with Gasteiger partial charge < -0.3 is 10.4 Å². The summed E-state index contributed by atoms with van der Waals surface area (Å²) in [4.78, 5) is 6.77. The van der Waals surface area contributed by atoms with Crippen LogP contribution in [0.3, 0.4) is 0 Å². The highest BCUT2D eigenvalue weighted by Gasteiger charge is 2.07. The van der Waals surface area contributed by atoms with E-state index in [1.807, 2.05) is 24.4 Å². The number of anilines is 1. The Bertz CT molecular complexity index is 725. The third-order valence-electron chi connectivity index (χ3n) is 2.95. The van der Waals surface area contributed by atoms with Gasteiger partial charge in [-0.1, -0.05) is 23.7 Å². The molecule has 3 rings (SSSR count). The fourth-order valence-corrected chi connectivity index (χ4v) is 3.73. The lowest BCUT2D eigenvalue weighted by Crippen LogP contribution is -1.99. The monoisotopic (exact) mass is 336 g/mol. The minimum absolute atomic E-state index is 0.00886. The van der Waals surface area contributed by atoms with Gasteiger partial charge in [0.25, 0.3) is 0 Å². The zero-order valence-electron chi connectivity index (χ0n) is 11.0. The predicted octanol–water partition coefficient (Wildman–Crippen LogP) is 4.63. The minimum atomic E-state index is 0.00886. The molecule has 2 heterocycles. The molecular weight excluding hydrogens is 324 g/mol. The number of thiazole rings is 1. The van der Waals surface area contributed by atoms with Crippen LogP contribution in [-0.4, -0.2) is 10.1 Å². The van der Waals surface area contributed by atoms with E-state index in [1.165, 1.54) is 4.88 Å². The standard InChI is InChI=1S/C15H13ClN2OS2/c16-12-4-3-10(9-19)6-13(12)17-7-11-8-18-15(21-11)14-2-1-5-20-14/h1-6,8,17,19H,7,9H2. The lowest BCUT2D eigenvalue weighted by molar-refractivity contribution is 0.282. The zero-order valence-corrected chi connectivity index (χ0v) is 13.4. The Labute approximate surface area is 135 Å². The van der Waals surface area contributed by atoms with Gasteiger partial charge in [-0.25, -0.2) is 4.98 Å². The van der Waals surface area contributed by atoms with Crippen molar-refractivity contribution >= 4 is 40.0 Å². The van der Waals surface area contributed by atoms with E-state index < -0.39 is 0 Å². The summed E-state index contributed by atoms with van der Waals surface area (Å²) in [5.74, 6) is 0. The second kappa shape index (κ2) is 6.58. The van der Waals surface area contributed by atoms with Crippen LogP contribution in [0.15, 0.2) is 41.9 Å². The quantitative estimate of drug-likeness (QED) is 0.714. The van der Waals surface area contributed by atoms with Crippen LogP contribution in [0.4, 0.5) is 5.69 Å². The van der Waals surface area contributed by atoms with E-state index >= 15 is 0 Å². The van der Waals surface area contributed by atoms with Crippen LogP contribution in [-0.2, 0) is 13.2 Å². The van der Waals surface area contributed by atoms with Crippen molar-refractivity contribution in [2.24, 2.45) is 0 Å². The highest BCUT2D eigenvalue weighted by molar-refractivity contribution is 7.20. The van der Waals surface area contributed by atoms with E-state index in [9.17, 15) is 0 Å². The number of benzene rings is 1. The van der Waals surface area contributed by atoms with Gasteiger partial charge in [0.15, 0.2) is 0 Å². The van der Waals surface area contributed by atoms with Gasteiger partial charge in [0.1, 0.15) is 5.01 Å². The van der Waals surface area contributed by atoms with Gasteiger partial charge in [0, 0.05) is 11.1 Å². The first-order chi connectivity index (χ1) is 10.3. The van der Waals surface area contributed by atoms with E-state index in [2.05, 4.69) is 21.7 Å². The number of aromatic nitrogens is 1. The van der Waals surface area contributed by atoms with Crippen LogP contribution < -0.4 is 5.32 Å². The molecule has 1 aromatic carbocycles. The summed E-state index contributed by atoms with van der Waals surface area (Å²) in [5, 5.41) is 16.2. The van der Waals surface area contributed by atoms with Crippen LogP contribution in [0.5, 0.6) is 0 Å². The molecule has 0 aliphatic rings. The molecule has 0 saturated carbocycles. The molecule has 0 saturated heterocycles. The molecule has 0 fully saturated rings. The lowest BCUT2D eigenvalue weighted by atomic mass is 10.2. The number of aliphatic hydroxyl groups is 1. The minimum Gasteiger partial charge on any atom is -0.392 e. The van der Waals surface area contributed by atoms with Gasteiger partial charge in [-0.2, -0.15) is 0 Å². The third-order valence-corrected chi connectivity index (χ3v) is 5.32. The lowest BCUT2D eigenvalue weighted by Gasteiger charge is -2.08. The molecule has 0 spiro atoms. The first kappa shape index (κ1) is 14.5. The number of halogens is 1. The molecular formula is C15H13ClN2OS2. The van der Waals surface area contributed by atoms with Crippen molar-refractivity contribution in [3.63, 3.8) is 0 Å². The summed E-state index contributed by atoms with van der Waals surface area (Å²) < 4.78 is 0. The average Bonchev–Trinajstić information content (AvgIpc) is 3.17. The first-order valence-corrected chi connectivity index (χ1v) is 8.45. The van der Waals surface area contributed by atoms with Crippen molar-refractivity contribution in [3.8, 4) is 9.88 Å². The van der Waals surface area contributed by atoms with Crippen LogP contribution in [0.2, 0.25) is 5.02 Å². The molecule has 0 unspecified atom stereocenters. The van der Waals surface area contributed by atoms with Crippen LogP contribution in [0.25, 0.3) is 9.88 Å². The van der Waals surface area contributed by atoms with Crippen molar-refractivity contribution < 1.29 is 5.11 Å². The Morgan fingerprint density at radius 2 is 2.19 bits per heavy atom. The highest BCUT2D eigenvalue weighted by atomic mass is 35.5. The van der Waals surface area contributed by atoms with Crippen molar-refractivity contribution in [2.45, 2.75) is 13.2 Å². The molecule has 2 N–H and O–H groups in total. The van der Waals surface area contributed by atoms with Gasteiger partial charge in [0.05, 0.1) is 28.7 Å². The molecule has 108 valence electrons. The number of rotatable bonds is 5. The van der Waals surface area contributed by atoms with E-state index in [4.69, 9.17) is 16.7 Å². The third kappa shape index (κ3) is 3.44. The van der Waals surface area contributed by atoms with Crippen LogP contribution >= 0.6 is 34.3 Å². The van der Waals surface area contributed by atoms with E-state index in [0.29, 0.717) is 11.6 Å². The van der Waals surface area contributed by atoms with Crippen molar-refractivity contribution in [1.82, 2.24) is 4.98 Å². The Morgan fingerprint density at radius 1 is 1.29 bits per heavy atom. The number of nitrogens with one attached hydrogen (secondary N) is 1. The molecule has 0 atom stereocenters. The molecule has 3 aromatic rings. The fraction of sp³-hybridized carbons (Fsp3) is 0.133. The second-order valence-corrected chi connectivity index (χ2v) is 6.90. The largest absolute Gasteiger partial charge is 0.392 e. The maximum Gasteiger partial charge on any atom is 0.133 e. The second-order valence-electron chi connectivity index (χ2n) is 4.43. The molecule has 0 bridgehead atoms. The van der Waals surface area contributed by atoms with Crippen molar-refractivity contribution in [3.05, 3.63) is 57.4 Å². The summed E-state index contributed by atoms with van der Waals surface area (Å²) in [6.07, 6.45) is 1.89. The number of thiophene rings is 1. The van der Waals surface area contributed by atoms with Gasteiger partial charge in [-0.05, 0) is 29.1 Å². The number of aliphatic hydroxyl groups excluding tert-OH is 1. The van der Waals surface area contributed by atoms with Crippen molar-refractivity contribution in [1.29, 1.82) is 0 Å². The first-order valence-electron chi connectivity index (χ1n) is 6.38. The molecule has 0 radical (unpaired) electrons. The van der Waals surface area contributed by atoms with Gasteiger partial charge in [0.2, 0.25) is 0 Å². The highest BCUT2D eigenvalue weighted by Crippen LogP contribution is 2.30. The number of nitrogens with zero attached hydrogens (tertiary/aromatic N) is 1. The van der Waals surface area contributed by atoms with Crippen LogP contribution in [0.1, 0.15) is 10.4 Å². The SMILES string of the molecule is OCc1ccc(Cl)c(NCc2cnc(-c3cccs3)s2)c1. The van der Waals surface area contributed by atoms with Gasteiger partial charge in [-0.3, -0.25) is 0 Å². The molecule has 2 aromatic heterocycles. The number of hydrogen-bond acceptors (Lipinski definition) is 5. The topological polar surface area (TPSA) is 45.1 Å². The van der Waals surface area contributed by atoms with E-state index in [1.54, 1.807) is 28.7 Å². The molecule has 6 heteroatoms. The molecule has 21 heavy (non-hydrogen) atoms. The summed E-state index contributed by atoms with van der Waals surface area (Å²) in [7, 11) is 0. The maximum absolute atomic E-state index is 9.17. The molecule has 0 amide bonds. The smallest absolute Gasteiger partial charge is 0.133 e. The summed E-state index contributed by atoms with van der Waals surface area (Å²) in [6, 6.07) is 9.57. The molecule has 0 aliphatic carbocycles. The Balaban J connectivity index is 1.71. The van der Waals surface area contributed by atoms with E-state index in [-0.39, 0.29) is 6.61 Å². The van der Waals surface area contributed by atoms with E-state index in [0.717, 1.165) is 21.1 Å².